The van der Waals surface area contributed by atoms with Crippen LogP contribution in [0.3, 0.4) is 0 Å². The first kappa shape index (κ1) is 20.7. The van der Waals surface area contributed by atoms with Crippen LogP contribution in [0.4, 0.5) is 4.79 Å². The number of carbonyl (C=O) groups excluding carboxylic acids is 2. The summed E-state index contributed by atoms with van der Waals surface area (Å²) in [6, 6.07) is 16.0. The van der Waals surface area contributed by atoms with Crippen LogP contribution >= 0.6 is 0 Å². The molecule has 1 saturated heterocycles. The first-order valence-corrected chi connectivity index (χ1v) is 10.2. The van der Waals surface area contributed by atoms with E-state index in [-0.39, 0.29) is 18.4 Å². The van der Waals surface area contributed by atoms with Crippen LogP contribution in [0.2, 0.25) is 0 Å². The highest BCUT2D eigenvalue weighted by atomic mass is 16.5. The van der Waals surface area contributed by atoms with Crippen molar-refractivity contribution in [3.63, 3.8) is 0 Å². The molecule has 154 valence electrons. The van der Waals surface area contributed by atoms with Crippen molar-refractivity contribution in [1.29, 1.82) is 0 Å². The van der Waals surface area contributed by atoms with Gasteiger partial charge in [0.2, 0.25) is 5.91 Å². The standard InChI is InChI=1S/C23H29N3O3/c1-2-18-10-6-7-14-26(18)22(27)16-21(25-23(24)28)17-9-8-13-20(15-17)29-19-11-4-3-5-12-19/h3-5,8-9,11-13,15,18,21H,2,6-7,10,14,16H2,1H3,(H3,24,25,28). The molecule has 6 nitrogen and oxygen atoms in total. The number of nitrogens with zero attached hydrogens (tertiary/aromatic N) is 1. The number of hydrogen-bond acceptors (Lipinski definition) is 3. The number of primary amides is 1. The average molecular weight is 396 g/mol. The first-order chi connectivity index (χ1) is 14.1. The SMILES string of the molecule is CCC1CCCCN1C(=O)CC(NC(N)=O)c1cccc(Oc2ccccc2)c1. The van der Waals surface area contributed by atoms with E-state index < -0.39 is 12.1 Å². The van der Waals surface area contributed by atoms with E-state index in [0.29, 0.717) is 5.75 Å². The smallest absolute Gasteiger partial charge is 0.312 e. The van der Waals surface area contributed by atoms with Crippen LogP contribution in [-0.2, 0) is 4.79 Å². The van der Waals surface area contributed by atoms with Crippen LogP contribution < -0.4 is 15.8 Å². The topological polar surface area (TPSA) is 84.7 Å². The molecule has 6 heteroatoms. The zero-order chi connectivity index (χ0) is 20.6. The van der Waals surface area contributed by atoms with E-state index in [0.717, 1.165) is 43.5 Å². The van der Waals surface area contributed by atoms with Gasteiger partial charge in [0.15, 0.2) is 0 Å². The van der Waals surface area contributed by atoms with Crippen LogP contribution in [0.25, 0.3) is 0 Å². The molecule has 1 aliphatic rings. The molecular formula is C23H29N3O3. The molecule has 0 saturated carbocycles. The summed E-state index contributed by atoms with van der Waals surface area (Å²) in [5, 5.41) is 2.73. The average Bonchev–Trinajstić information content (AvgIpc) is 2.74. The maximum Gasteiger partial charge on any atom is 0.312 e. The van der Waals surface area contributed by atoms with Gasteiger partial charge in [-0.15, -0.1) is 0 Å². The zero-order valence-electron chi connectivity index (χ0n) is 16.8. The largest absolute Gasteiger partial charge is 0.457 e. The Balaban J connectivity index is 1.76. The summed E-state index contributed by atoms with van der Waals surface area (Å²) < 4.78 is 5.89. The minimum atomic E-state index is -0.650. The maximum absolute atomic E-state index is 13.0. The molecule has 2 unspecified atom stereocenters. The van der Waals surface area contributed by atoms with E-state index in [9.17, 15) is 9.59 Å². The first-order valence-electron chi connectivity index (χ1n) is 10.2. The Hall–Kier alpha value is -3.02. The molecule has 3 amide bonds. The van der Waals surface area contributed by atoms with E-state index in [4.69, 9.17) is 10.5 Å². The number of hydrogen-bond donors (Lipinski definition) is 2. The van der Waals surface area contributed by atoms with Crippen molar-refractivity contribution in [1.82, 2.24) is 10.2 Å². The number of nitrogens with one attached hydrogen (secondary N) is 1. The number of ether oxygens (including phenoxy) is 1. The molecule has 0 bridgehead atoms. The Bertz CT molecular complexity index is 825. The van der Waals surface area contributed by atoms with E-state index in [1.807, 2.05) is 59.5 Å². The van der Waals surface area contributed by atoms with Crippen molar-refractivity contribution in [2.45, 2.75) is 51.1 Å². The van der Waals surface area contributed by atoms with Gasteiger partial charge in [-0.2, -0.15) is 0 Å². The van der Waals surface area contributed by atoms with Gasteiger partial charge < -0.3 is 20.7 Å². The third-order valence-electron chi connectivity index (χ3n) is 5.35. The molecule has 3 N–H and O–H groups in total. The van der Waals surface area contributed by atoms with Gasteiger partial charge in [-0.1, -0.05) is 37.3 Å². The van der Waals surface area contributed by atoms with Gasteiger partial charge in [-0.25, -0.2) is 4.79 Å². The molecule has 0 radical (unpaired) electrons. The lowest BCUT2D eigenvalue weighted by atomic mass is 9.97. The van der Waals surface area contributed by atoms with Crippen LogP contribution in [0, 0.1) is 0 Å². The van der Waals surface area contributed by atoms with Crippen LogP contribution in [-0.4, -0.2) is 29.4 Å². The summed E-state index contributed by atoms with van der Waals surface area (Å²) in [7, 11) is 0. The molecule has 3 rings (SSSR count). The fourth-order valence-electron chi connectivity index (χ4n) is 3.89. The lowest BCUT2D eigenvalue weighted by Gasteiger charge is -2.36. The molecule has 0 aromatic heterocycles. The van der Waals surface area contributed by atoms with Gasteiger partial charge in [0.1, 0.15) is 11.5 Å². The summed E-state index contributed by atoms with van der Waals surface area (Å²) in [6.45, 7) is 2.89. The number of piperidine rings is 1. The van der Waals surface area contributed by atoms with Gasteiger partial charge >= 0.3 is 6.03 Å². The van der Waals surface area contributed by atoms with Crippen molar-refractivity contribution < 1.29 is 14.3 Å². The normalized spacial score (nSPS) is 17.4. The van der Waals surface area contributed by atoms with Gasteiger partial charge in [0.25, 0.3) is 0 Å². The van der Waals surface area contributed by atoms with Gasteiger partial charge in [-0.3, -0.25) is 4.79 Å². The number of urea groups is 1. The molecule has 1 heterocycles. The zero-order valence-corrected chi connectivity index (χ0v) is 16.8. The van der Waals surface area contributed by atoms with E-state index in [2.05, 4.69) is 12.2 Å². The Kier molecular flexibility index (Phi) is 7.11. The highest BCUT2D eigenvalue weighted by Gasteiger charge is 2.28. The molecule has 0 aliphatic carbocycles. The molecule has 29 heavy (non-hydrogen) atoms. The molecule has 2 aromatic rings. The highest BCUT2D eigenvalue weighted by Crippen LogP contribution is 2.28. The Morgan fingerprint density at radius 1 is 1.14 bits per heavy atom. The quantitative estimate of drug-likeness (QED) is 0.730. The van der Waals surface area contributed by atoms with Crippen LogP contribution in [0.5, 0.6) is 11.5 Å². The molecule has 1 fully saturated rings. The summed E-state index contributed by atoms with van der Waals surface area (Å²) in [5.74, 6) is 1.41. The van der Waals surface area contributed by atoms with Gasteiger partial charge in [-0.05, 0) is 55.5 Å². The van der Waals surface area contributed by atoms with Crippen molar-refractivity contribution in [2.75, 3.05) is 6.54 Å². The summed E-state index contributed by atoms with van der Waals surface area (Å²) in [5.41, 5.74) is 6.18. The summed E-state index contributed by atoms with van der Waals surface area (Å²) in [6.07, 6.45) is 4.34. The fourth-order valence-corrected chi connectivity index (χ4v) is 3.89. The number of nitrogens with two attached hydrogens (primary N) is 1. The lowest BCUT2D eigenvalue weighted by Crippen LogP contribution is -2.45. The van der Waals surface area contributed by atoms with E-state index in [1.54, 1.807) is 0 Å². The fraction of sp³-hybridized carbons (Fsp3) is 0.391. The van der Waals surface area contributed by atoms with E-state index in [1.165, 1.54) is 0 Å². The molecular weight excluding hydrogens is 366 g/mol. The maximum atomic E-state index is 13.0. The highest BCUT2D eigenvalue weighted by molar-refractivity contribution is 5.79. The van der Waals surface area contributed by atoms with Crippen molar-refractivity contribution in [3.05, 3.63) is 60.2 Å². The van der Waals surface area contributed by atoms with Gasteiger partial charge in [0.05, 0.1) is 12.5 Å². The van der Waals surface area contributed by atoms with Gasteiger partial charge in [0, 0.05) is 12.6 Å². The second-order valence-corrected chi connectivity index (χ2v) is 7.40. The number of benzene rings is 2. The number of para-hydroxylation sites is 1. The summed E-state index contributed by atoms with van der Waals surface area (Å²) in [4.78, 5) is 26.6. The second kappa shape index (κ2) is 9.96. The van der Waals surface area contributed by atoms with E-state index >= 15 is 0 Å². The number of amides is 3. The molecule has 1 aliphatic heterocycles. The third kappa shape index (κ3) is 5.73. The Labute approximate surface area is 172 Å². The monoisotopic (exact) mass is 395 g/mol. The second-order valence-electron chi connectivity index (χ2n) is 7.40. The Morgan fingerprint density at radius 2 is 1.90 bits per heavy atom. The third-order valence-corrected chi connectivity index (χ3v) is 5.35. The number of likely N-dealkylation sites (tertiary alicyclic amines) is 1. The minimum Gasteiger partial charge on any atom is -0.457 e. The number of rotatable bonds is 7. The van der Waals surface area contributed by atoms with Crippen LogP contribution in [0.1, 0.15) is 50.6 Å². The molecule has 2 atom stereocenters. The lowest BCUT2D eigenvalue weighted by molar-refractivity contribution is -0.135. The molecule has 0 spiro atoms. The minimum absolute atomic E-state index is 0.0460. The predicted octanol–water partition coefficient (Wildman–Crippen LogP) is 4.37. The van der Waals surface area contributed by atoms with Crippen LogP contribution in [0.15, 0.2) is 54.6 Å². The number of carbonyl (C=O) groups is 2. The Morgan fingerprint density at radius 3 is 2.62 bits per heavy atom. The van der Waals surface area contributed by atoms with Crippen molar-refractivity contribution in [3.8, 4) is 11.5 Å². The van der Waals surface area contributed by atoms with Crippen molar-refractivity contribution >= 4 is 11.9 Å². The molecule has 2 aromatic carbocycles. The predicted molar refractivity (Wildman–Crippen MR) is 113 cm³/mol. The van der Waals surface area contributed by atoms with Crippen molar-refractivity contribution in [2.24, 2.45) is 5.73 Å². The summed E-state index contributed by atoms with van der Waals surface area (Å²) >= 11 is 0.